The lowest BCUT2D eigenvalue weighted by Gasteiger charge is -2.32. The Labute approximate surface area is 206 Å². The quantitative estimate of drug-likeness (QED) is 0.347. The number of rotatable bonds is 5. The second-order valence-electron chi connectivity index (χ2n) is 8.17. The van der Waals surface area contributed by atoms with Crippen molar-refractivity contribution in [3.05, 3.63) is 71.5 Å². The number of imidazole rings is 1. The zero-order chi connectivity index (χ0) is 25.0. The number of nitrogens with one attached hydrogen (secondary N) is 1. The molecule has 1 N–H and O–H groups in total. The summed E-state index contributed by atoms with van der Waals surface area (Å²) in [5.41, 5.74) is 4.12. The standard InChI is InChI=1S/C21H19F2N9O2P2/c22-21(23)31-7-5-12(28-31)17-26-27-18(34-17)19(33)30-6-4-11-15(25-9-24-11)16(30)13-8-10-2-1-3-14(20(35)36)32(10)29-13/h1-3,5,7-9,16,20-21H,4,6,35-36H2,(H,24,25)/t16-/m1/s1. The molecule has 5 aromatic rings. The molecule has 1 aliphatic heterocycles. The number of nitrogens with zero attached hydrogens (tertiary/aromatic N) is 8. The van der Waals surface area contributed by atoms with Crippen molar-refractivity contribution in [1.82, 2.24) is 44.5 Å². The average molecular weight is 529 g/mol. The maximum absolute atomic E-state index is 13.6. The summed E-state index contributed by atoms with van der Waals surface area (Å²) in [6.45, 7) is -2.45. The fourth-order valence-corrected chi connectivity index (χ4v) is 4.84. The van der Waals surface area contributed by atoms with E-state index >= 15 is 0 Å². The highest BCUT2D eigenvalue weighted by atomic mass is 31.1. The molecule has 3 atom stereocenters. The van der Waals surface area contributed by atoms with Crippen LogP contribution in [0, 0.1) is 0 Å². The Kier molecular flexibility index (Phi) is 5.61. The molecule has 2 unspecified atom stereocenters. The van der Waals surface area contributed by atoms with Crippen molar-refractivity contribution >= 4 is 29.9 Å². The van der Waals surface area contributed by atoms with E-state index in [4.69, 9.17) is 9.52 Å². The molecule has 15 heteroatoms. The van der Waals surface area contributed by atoms with Crippen molar-refractivity contribution in [1.29, 1.82) is 0 Å². The van der Waals surface area contributed by atoms with Crippen LogP contribution in [-0.4, -0.2) is 56.9 Å². The van der Waals surface area contributed by atoms with Crippen molar-refractivity contribution < 1.29 is 18.0 Å². The number of pyridine rings is 1. The third-order valence-electron chi connectivity index (χ3n) is 5.98. The summed E-state index contributed by atoms with van der Waals surface area (Å²) in [5, 5.41) is 16.3. The van der Waals surface area contributed by atoms with E-state index in [2.05, 4.69) is 43.7 Å². The van der Waals surface area contributed by atoms with Gasteiger partial charge in [0.15, 0.2) is 0 Å². The predicted molar refractivity (Wildman–Crippen MR) is 129 cm³/mol. The molecular weight excluding hydrogens is 510 g/mol. The SMILES string of the molecule is O=C(c1nnc(-c2ccn(C(F)F)n2)o1)N1CCc2[nH]cnc2[C@H]1c1cc2cccc(C(P)P)n2n1. The Hall–Kier alpha value is -3.56. The van der Waals surface area contributed by atoms with E-state index in [-0.39, 0.29) is 22.9 Å². The lowest BCUT2D eigenvalue weighted by atomic mass is 9.99. The summed E-state index contributed by atoms with van der Waals surface area (Å²) in [6.07, 6.45) is 3.24. The van der Waals surface area contributed by atoms with Crippen LogP contribution in [0.25, 0.3) is 17.1 Å². The van der Waals surface area contributed by atoms with Gasteiger partial charge >= 0.3 is 18.3 Å². The highest BCUT2D eigenvalue weighted by Gasteiger charge is 2.38. The van der Waals surface area contributed by atoms with Crippen LogP contribution in [0.5, 0.6) is 0 Å². The summed E-state index contributed by atoms with van der Waals surface area (Å²) in [6, 6.07) is 8.52. The van der Waals surface area contributed by atoms with Gasteiger partial charge < -0.3 is 14.3 Å². The maximum Gasteiger partial charge on any atom is 0.333 e. The zero-order valence-electron chi connectivity index (χ0n) is 18.5. The van der Waals surface area contributed by atoms with Crippen LogP contribution in [0.4, 0.5) is 8.78 Å². The molecule has 6 rings (SSSR count). The minimum atomic E-state index is -2.81. The maximum atomic E-state index is 13.6. The fourth-order valence-electron chi connectivity index (χ4n) is 4.33. The number of fused-ring (bicyclic) bond motifs is 2. The van der Waals surface area contributed by atoms with Gasteiger partial charge in [-0.05, 0) is 24.3 Å². The van der Waals surface area contributed by atoms with Crippen LogP contribution >= 0.6 is 18.5 Å². The summed E-state index contributed by atoms with van der Waals surface area (Å²) in [4.78, 5) is 22.8. The fraction of sp³-hybridized carbons (Fsp3) is 0.238. The molecule has 0 aliphatic carbocycles. The molecule has 0 bridgehead atoms. The molecule has 11 nitrogen and oxygen atoms in total. The first kappa shape index (κ1) is 22.9. The molecule has 0 saturated heterocycles. The van der Waals surface area contributed by atoms with Gasteiger partial charge in [0.1, 0.15) is 11.7 Å². The van der Waals surface area contributed by atoms with Gasteiger partial charge in [-0.1, -0.05) is 6.07 Å². The van der Waals surface area contributed by atoms with Crippen LogP contribution in [-0.2, 0) is 6.42 Å². The minimum absolute atomic E-state index is 0.0453. The molecule has 0 saturated carbocycles. The van der Waals surface area contributed by atoms with E-state index in [1.165, 1.54) is 6.07 Å². The first-order valence-electron chi connectivity index (χ1n) is 10.9. The molecule has 0 aromatic carbocycles. The molecule has 0 fully saturated rings. The molecule has 6 heterocycles. The van der Waals surface area contributed by atoms with Gasteiger partial charge in [-0.15, -0.1) is 28.7 Å². The van der Waals surface area contributed by atoms with E-state index in [0.29, 0.717) is 29.0 Å². The van der Waals surface area contributed by atoms with E-state index in [1.807, 2.05) is 28.8 Å². The lowest BCUT2D eigenvalue weighted by Crippen LogP contribution is -2.41. The molecular formula is C21H19F2N9O2P2. The van der Waals surface area contributed by atoms with Crippen LogP contribution in [0.1, 0.15) is 51.5 Å². The topological polar surface area (TPSA) is 123 Å². The van der Waals surface area contributed by atoms with Crippen LogP contribution in [0.3, 0.4) is 0 Å². The van der Waals surface area contributed by atoms with Gasteiger partial charge in [-0.2, -0.15) is 19.0 Å². The number of aromatic amines is 1. The van der Waals surface area contributed by atoms with E-state index in [1.54, 1.807) is 11.2 Å². The molecule has 5 aromatic heterocycles. The third kappa shape index (κ3) is 3.79. The number of carbonyl (C=O) groups is 1. The van der Waals surface area contributed by atoms with Crippen molar-refractivity contribution in [2.45, 2.75) is 24.4 Å². The number of hydrogen-bond acceptors (Lipinski definition) is 7. The Balaban J connectivity index is 1.38. The number of H-pyrrole nitrogens is 1. The average Bonchev–Trinajstić information content (AvgIpc) is 3.66. The minimum Gasteiger partial charge on any atom is -0.411 e. The molecule has 0 spiro atoms. The van der Waals surface area contributed by atoms with Crippen LogP contribution in [0.15, 0.2) is 47.3 Å². The number of alkyl halides is 2. The summed E-state index contributed by atoms with van der Waals surface area (Å²) in [7, 11) is 5.46. The molecule has 1 amide bonds. The first-order chi connectivity index (χ1) is 17.4. The monoisotopic (exact) mass is 529 g/mol. The van der Waals surface area contributed by atoms with Crippen molar-refractivity contribution in [2.24, 2.45) is 0 Å². The molecule has 36 heavy (non-hydrogen) atoms. The number of carbonyl (C=O) groups excluding carboxylic acids is 1. The van der Waals surface area contributed by atoms with Gasteiger partial charge in [0.25, 0.3) is 5.89 Å². The van der Waals surface area contributed by atoms with Crippen molar-refractivity contribution in [3.8, 4) is 11.6 Å². The van der Waals surface area contributed by atoms with Gasteiger partial charge in [0.2, 0.25) is 0 Å². The number of halogens is 2. The molecule has 184 valence electrons. The zero-order valence-corrected chi connectivity index (χ0v) is 20.8. The number of hydrogen-bond donors (Lipinski definition) is 1. The summed E-state index contributed by atoms with van der Waals surface area (Å²) >= 11 is 0. The largest absolute Gasteiger partial charge is 0.411 e. The van der Waals surface area contributed by atoms with E-state index in [9.17, 15) is 13.6 Å². The van der Waals surface area contributed by atoms with Crippen LogP contribution < -0.4 is 0 Å². The second kappa shape index (κ2) is 8.83. The predicted octanol–water partition coefficient (Wildman–Crippen LogP) is 3.24. The molecule has 1 aliphatic rings. The second-order valence-corrected chi connectivity index (χ2v) is 10.4. The number of amides is 1. The third-order valence-corrected chi connectivity index (χ3v) is 6.66. The van der Waals surface area contributed by atoms with Crippen molar-refractivity contribution in [3.63, 3.8) is 0 Å². The van der Waals surface area contributed by atoms with Gasteiger partial charge in [-0.3, -0.25) is 4.79 Å². The van der Waals surface area contributed by atoms with Gasteiger partial charge in [-0.25, -0.2) is 14.2 Å². The smallest absolute Gasteiger partial charge is 0.333 e. The first-order valence-corrected chi connectivity index (χ1v) is 12.2. The Bertz CT molecular complexity index is 1570. The highest BCUT2D eigenvalue weighted by molar-refractivity contribution is 7.37. The lowest BCUT2D eigenvalue weighted by molar-refractivity contribution is 0.0566. The van der Waals surface area contributed by atoms with Gasteiger partial charge in [0.05, 0.1) is 28.9 Å². The Morgan fingerprint density at radius 1 is 1.19 bits per heavy atom. The van der Waals surface area contributed by atoms with Crippen LogP contribution in [0.2, 0.25) is 0 Å². The molecule has 0 radical (unpaired) electrons. The van der Waals surface area contributed by atoms with E-state index in [0.717, 1.165) is 23.1 Å². The Morgan fingerprint density at radius 3 is 2.83 bits per heavy atom. The summed E-state index contributed by atoms with van der Waals surface area (Å²) < 4.78 is 33.6. The highest BCUT2D eigenvalue weighted by Crippen LogP contribution is 2.36. The van der Waals surface area contributed by atoms with Gasteiger partial charge in [0, 0.05) is 30.3 Å². The normalized spacial score (nSPS) is 15.8. The van der Waals surface area contributed by atoms with Crippen molar-refractivity contribution in [2.75, 3.05) is 6.54 Å². The summed E-state index contributed by atoms with van der Waals surface area (Å²) in [5.74, 6) is -0.927. The number of aromatic nitrogens is 8. The Morgan fingerprint density at radius 2 is 2.06 bits per heavy atom. The van der Waals surface area contributed by atoms with E-state index < -0.39 is 18.5 Å².